The van der Waals surface area contributed by atoms with Crippen LogP contribution >= 0.6 is 34.3 Å². The fraction of sp³-hybridized carbons (Fsp3) is 0.312. The second kappa shape index (κ2) is 6.87. The molecule has 0 spiro atoms. The van der Waals surface area contributed by atoms with Crippen LogP contribution in [0.3, 0.4) is 0 Å². The molecule has 1 fully saturated rings. The van der Waals surface area contributed by atoms with Gasteiger partial charge in [0.1, 0.15) is 0 Å². The maximum Gasteiger partial charge on any atom is 0.232 e. The van der Waals surface area contributed by atoms with Gasteiger partial charge in [0.25, 0.3) is 0 Å². The summed E-state index contributed by atoms with van der Waals surface area (Å²) < 4.78 is 8.19. The highest BCUT2D eigenvalue weighted by Gasteiger charge is 2.36. The SMILES string of the molecule is Cn1cc([C@H]2OCC[C@@H]2C(=O)Nc2nc(-c3ccc(Cl)s3)cs2)cn1. The number of thiophene rings is 1. The summed E-state index contributed by atoms with van der Waals surface area (Å²) in [5, 5.41) is 9.59. The van der Waals surface area contributed by atoms with E-state index >= 15 is 0 Å². The summed E-state index contributed by atoms with van der Waals surface area (Å²) in [7, 11) is 1.85. The van der Waals surface area contributed by atoms with Gasteiger partial charge in [-0.15, -0.1) is 22.7 Å². The van der Waals surface area contributed by atoms with E-state index < -0.39 is 0 Å². The van der Waals surface area contributed by atoms with E-state index in [4.69, 9.17) is 16.3 Å². The molecule has 0 aliphatic carbocycles. The number of hydrogen-bond donors (Lipinski definition) is 1. The van der Waals surface area contributed by atoms with Crippen molar-refractivity contribution in [2.24, 2.45) is 13.0 Å². The minimum atomic E-state index is -0.260. The van der Waals surface area contributed by atoms with Gasteiger partial charge in [0, 0.05) is 30.8 Å². The van der Waals surface area contributed by atoms with Crippen LogP contribution in [0.4, 0.5) is 5.13 Å². The minimum absolute atomic E-state index is 0.0727. The number of amides is 1. The number of anilines is 1. The number of nitrogens with one attached hydrogen (secondary N) is 1. The van der Waals surface area contributed by atoms with Gasteiger partial charge in [0.2, 0.25) is 5.91 Å². The van der Waals surface area contributed by atoms with Gasteiger partial charge in [-0.05, 0) is 18.6 Å². The van der Waals surface area contributed by atoms with Crippen molar-refractivity contribution in [2.75, 3.05) is 11.9 Å². The maximum atomic E-state index is 12.7. The van der Waals surface area contributed by atoms with Crippen LogP contribution in [0, 0.1) is 5.92 Å². The Morgan fingerprint density at radius 3 is 3.08 bits per heavy atom. The summed E-state index contributed by atoms with van der Waals surface area (Å²) in [5.41, 5.74) is 1.75. The molecule has 1 N–H and O–H groups in total. The molecule has 0 unspecified atom stereocenters. The standard InChI is InChI=1S/C16H15ClN4O2S2/c1-21-7-9(6-18-21)14-10(4-5-23-14)15(22)20-16-19-11(8-24-16)12-2-3-13(17)25-12/h2-3,6-8,10,14H,4-5H2,1H3,(H,19,20,22)/t10-,14+/m0/s1. The second-order valence-electron chi connectivity index (χ2n) is 5.76. The molecule has 130 valence electrons. The van der Waals surface area contributed by atoms with Crippen LogP contribution < -0.4 is 5.32 Å². The second-order valence-corrected chi connectivity index (χ2v) is 8.34. The number of nitrogens with zero attached hydrogens (tertiary/aromatic N) is 3. The third kappa shape index (κ3) is 3.48. The Hall–Kier alpha value is -1.74. The number of aryl methyl sites for hydroxylation is 1. The molecule has 9 heteroatoms. The van der Waals surface area contributed by atoms with Crippen LogP contribution in [-0.4, -0.2) is 27.3 Å². The third-order valence-electron chi connectivity index (χ3n) is 4.04. The van der Waals surface area contributed by atoms with Gasteiger partial charge in [0.05, 0.1) is 33.1 Å². The molecule has 0 bridgehead atoms. The molecule has 1 aliphatic heterocycles. The Kier molecular flexibility index (Phi) is 4.60. The van der Waals surface area contributed by atoms with Crippen LogP contribution in [0.5, 0.6) is 0 Å². The maximum absolute atomic E-state index is 12.7. The molecule has 6 nitrogen and oxygen atoms in total. The zero-order valence-electron chi connectivity index (χ0n) is 13.3. The molecule has 3 aromatic rings. The van der Waals surface area contributed by atoms with Gasteiger partial charge in [-0.25, -0.2) is 4.98 Å². The first kappa shape index (κ1) is 16.7. The van der Waals surface area contributed by atoms with Crippen molar-refractivity contribution in [2.45, 2.75) is 12.5 Å². The number of rotatable bonds is 4. The number of hydrogen-bond acceptors (Lipinski definition) is 6. The normalized spacial score (nSPS) is 20.1. The van der Waals surface area contributed by atoms with Crippen molar-refractivity contribution in [3.63, 3.8) is 0 Å². The molecular weight excluding hydrogens is 380 g/mol. The van der Waals surface area contributed by atoms with E-state index in [9.17, 15) is 4.79 Å². The smallest absolute Gasteiger partial charge is 0.232 e. The molecular formula is C16H15ClN4O2S2. The van der Waals surface area contributed by atoms with E-state index in [0.29, 0.717) is 18.2 Å². The first-order chi connectivity index (χ1) is 12.1. The molecule has 3 aromatic heterocycles. The predicted molar refractivity (Wildman–Crippen MR) is 99.1 cm³/mol. The van der Waals surface area contributed by atoms with E-state index in [1.54, 1.807) is 10.9 Å². The van der Waals surface area contributed by atoms with Gasteiger partial charge in [-0.3, -0.25) is 9.48 Å². The molecule has 1 aliphatic rings. The van der Waals surface area contributed by atoms with Gasteiger partial charge in [-0.2, -0.15) is 5.10 Å². The highest BCUT2D eigenvalue weighted by atomic mass is 35.5. The lowest BCUT2D eigenvalue weighted by atomic mass is 9.96. The van der Waals surface area contributed by atoms with Crippen LogP contribution in [-0.2, 0) is 16.6 Å². The first-order valence-corrected chi connectivity index (χ1v) is 9.80. The summed E-state index contributed by atoms with van der Waals surface area (Å²) in [5.74, 6) is -0.316. The van der Waals surface area contributed by atoms with Crippen molar-refractivity contribution < 1.29 is 9.53 Å². The lowest BCUT2D eigenvalue weighted by Crippen LogP contribution is -2.25. The van der Waals surface area contributed by atoms with E-state index in [2.05, 4.69) is 15.4 Å². The fourth-order valence-electron chi connectivity index (χ4n) is 2.87. The number of aromatic nitrogens is 3. The highest BCUT2D eigenvalue weighted by molar-refractivity contribution is 7.20. The Morgan fingerprint density at radius 1 is 1.48 bits per heavy atom. The monoisotopic (exact) mass is 394 g/mol. The molecule has 0 aromatic carbocycles. The van der Waals surface area contributed by atoms with Gasteiger partial charge in [-0.1, -0.05) is 11.6 Å². The third-order valence-corrected chi connectivity index (χ3v) is 6.05. The van der Waals surface area contributed by atoms with E-state index in [1.807, 2.05) is 30.8 Å². The molecule has 0 saturated carbocycles. The zero-order valence-corrected chi connectivity index (χ0v) is 15.7. The number of halogens is 1. The van der Waals surface area contributed by atoms with Crippen molar-refractivity contribution in [3.8, 4) is 10.6 Å². The van der Waals surface area contributed by atoms with Gasteiger partial charge in [0.15, 0.2) is 5.13 Å². The van der Waals surface area contributed by atoms with Crippen LogP contribution in [0.15, 0.2) is 29.9 Å². The summed E-state index contributed by atoms with van der Waals surface area (Å²) >= 11 is 8.84. The molecule has 25 heavy (non-hydrogen) atoms. The summed E-state index contributed by atoms with van der Waals surface area (Å²) in [6.07, 6.45) is 4.06. The molecule has 1 saturated heterocycles. The Morgan fingerprint density at radius 2 is 2.36 bits per heavy atom. The van der Waals surface area contributed by atoms with E-state index in [-0.39, 0.29) is 17.9 Å². The Labute approximate surface area is 157 Å². The molecule has 4 rings (SSSR count). The van der Waals surface area contributed by atoms with Crippen molar-refractivity contribution in [1.82, 2.24) is 14.8 Å². The van der Waals surface area contributed by atoms with Crippen LogP contribution in [0.2, 0.25) is 4.34 Å². The van der Waals surface area contributed by atoms with Crippen LogP contribution in [0.25, 0.3) is 10.6 Å². The number of thiazole rings is 1. The molecule has 0 radical (unpaired) electrons. The fourth-order valence-corrected chi connectivity index (χ4v) is 4.66. The Bertz CT molecular complexity index is 903. The van der Waals surface area contributed by atoms with Crippen LogP contribution in [0.1, 0.15) is 18.1 Å². The predicted octanol–water partition coefficient (Wildman–Crippen LogP) is 3.97. The zero-order chi connectivity index (χ0) is 17.4. The van der Waals surface area contributed by atoms with Gasteiger partial charge >= 0.3 is 0 Å². The largest absolute Gasteiger partial charge is 0.373 e. The Balaban J connectivity index is 1.47. The summed E-state index contributed by atoms with van der Waals surface area (Å²) in [4.78, 5) is 18.2. The van der Waals surface area contributed by atoms with Crippen molar-refractivity contribution >= 4 is 45.3 Å². The topological polar surface area (TPSA) is 69.0 Å². The average Bonchev–Trinajstić information content (AvgIpc) is 3.32. The summed E-state index contributed by atoms with van der Waals surface area (Å²) in [6, 6.07) is 3.77. The minimum Gasteiger partial charge on any atom is -0.373 e. The van der Waals surface area contributed by atoms with Crippen molar-refractivity contribution in [1.29, 1.82) is 0 Å². The first-order valence-electron chi connectivity index (χ1n) is 7.72. The molecule has 4 heterocycles. The number of carbonyl (C=O) groups excluding carboxylic acids is 1. The number of carbonyl (C=O) groups is 1. The molecule has 2 atom stereocenters. The number of ether oxygens (including phenoxy) is 1. The average molecular weight is 395 g/mol. The lowest BCUT2D eigenvalue weighted by molar-refractivity contribution is -0.121. The summed E-state index contributed by atoms with van der Waals surface area (Å²) in [6.45, 7) is 0.564. The van der Waals surface area contributed by atoms with E-state index in [1.165, 1.54) is 22.7 Å². The van der Waals surface area contributed by atoms with Gasteiger partial charge < -0.3 is 10.1 Å². The lowest BCUT2D eigenvalue weighted by Gasteiger charge is -2.15. The quantitative estimate of drug-likeness (QED) is 0.726. The van der Waals surface area contributed by atoms with Crippen molar-refractivity contribution in [3.05, 3.63) is 39.8 Å². The van der Waals surface area contributed by atoms with E-state index in [0.717, 1.165) is 20.5 Å². The molecule has 1 amide bonds. The highest BCUT2D eigenvalue weighted by Crippen LogP contribution is 2.36.